The highest BCUT2D eigenvalue weighted by Gasteiger charge is 2.44. The predicted molar refractivity (Wildman–Crippen MR) is 119 cm³/mol. The summed E-state index contributed by atoms with van der Waals surface area (Å²) < 4.78 is 15.8. The van der Waals surface area contributed by atoms with Crippen molar-refractivity contribution in [3.05, 3.63) is 29.3 Å². The number of amides is 4. The van der Waals surface area contributed by atoms with Gasteiger partial charge in [-0.05, 0) is 45.4 Å². The van der Waals surface area contributed by atoms with E-state index in [1.54, 1.807) is 32.9 Å². The van der Waals surface area contributed by atoms with Gasteiger partial charge in [-0.1, -0.05) is 0 Å². The Kier molecular flexibility index (Phi) is 8.00. The molecule has 2 aliphatic rings. The molecule has 3 rings (SSSR count). The minimum atomic E-state index is -0.993. The molecule has 2 aliphatic heterocycles. The Hall–Kier alpha value is -3.31. The second kappa shape index (κ2) is 10.7. The molecule has 0 aliphatic carbocycles. The first-order valence-electron chi connectivity index (χ1n) is 11.0. The number of ether oxygens (including phenoxy) is 3. The Labute approximate surface area is 197 Å². The van der Waals surface area contributed by atoms with Gasteiger partial charge in [0.25, 0.3) is 11.8 Å². The van der Waals surface area contributed by atoms with Crippen LogP contribution in [-0.2, 0) is 28.6 Å². The summed E-state index contributed by atoms with van der Waals surface area (Å²) in [6.07, 6.45) is 0.183. The fourth-order valence-electron chi connectivity index (χ4n) is 3.59. The first kappa shape index (κ1) is 25.3. The number of benzene rings is 1. The lowest BCUT2D eigenvalue weighted by Crippen LogP contribution is -2.54. The summed E-state index contributed by atoms with van der Waals surface area (Å²) in [5.41, 5.74) is 0.492. The number of hydrogen-bond acceptors (Lipinski definition) is 9. The van der Waals surface area contributed by atoms with E-state index in [1.807, 2.05) is 0 Å². The van der Waals surface area contributed by atoms with Crippen molar-refractivity contribution in [1.82, 2.24) is 10.2 Å². The van der Waals surface area contributed by atoms with Gasteiger partial charge in [0, 0.05) is 18.7 Å². The van der Waals surface area contributed by atoms with Crippen LogP contribution in [0.15, 0.2) is 18.2 Å². The van der Waals surface area contributed by atoms with Gasteiger partial charge in [-0.2, -0.15) is 0 Å². The standard InChI is InChI=1S/C23H29N3O8/c1-23(2,3)34-19(28)13-33-11-10-32-9-8-24-14-4-5-15-16(12-14)22(31)26(21(15)30)17-6-7-18(27)25-20(17)29/h4-5,12,17,24H,6-11,13H2,1-3H3,(H,25,27,29). The van der Waals surface area contributed by atoms with Crippen molar-refractivity contribution in [2.75, 3.05) is 38.3 Å². The lowest BCUT2D eigenvalue weighted by molar-refractivity contribution is -0.160. The first-order chi connectivity index (χ1) is 16.1. The summed E-state index contributed by atoms with van der Waals surface area (Å²) in [4.78, 5) is 61.5. The number of rotatable bonds is 10. The second-order valence-corrected chi connectivity index (χ2v) is 8.89. The molecule has 1 aromatic rings. The van der Waals surface area contributed by atoms with E-state index in [9.17, 15) is 24.0 Å². The Bertz CT molecular complexity index is 985. The molecule has 34 heavy (non-hydrogen) atoms. The minimum Gasteiger partial charge on any atom is -0.458 e. The second-order valence-electron chi connectivity index (χ2n) is 8.89. The van der Waals surface area contributed by atoms with Crippen LogP contribution in [0.1, 0.15) is 54.3 Å². The van der Waals surface area contributed by atoms with Crippen LogP contribution in [0.2, 0.25) is 0 Å². The number of nitrogens with zero attached hydrogens (tertiary/aromatic N) is 1. The van der Waals surface area contributed by atoms with Crippen LogP contribution in [0.4, 0.5) is 5.69 Å². The highest BCUT2D eigenvalue weighted by atomic mass is 16.6. The summed E-state index contributed by atoms with van der Waals surface area (Å²) in [5.74, 6) is -2.60. The maximum Gasteiger partial charge on any atom is 0.332 e. The number of piperidine rings is 1. The molecule has 0 saturated carbocycles. The van der Waals surface area contributed by atoms with Crippen molar-refractivity contribution in [2.45, 2.75) is 45.3 Å². The van der Waals surface area contributed by atoms with Crippen LogP contribution in [0.3, 0.4) is 0 Å². The molecule has 2 N–H and O–H groups in total. The average molecular weight is 475 g/mol. The molecule has 1 fully saturated rings. The van der Waals surface area contributed by atoms with E-state index in [0.717, 1.165) is 4.90 Å². The quantitative estimate of drug-likeness (QED) is 0.287. The summed E-state index contributed by atoms with van der Waals surface area (Å²) >= 11 is 0. The number of nitrogens with one attached hydrogen (secondary N) is 2. The van der Waals surface area contributed by atoms with Crippen molar-refractivity contribution in [3.8, 4) is 0 Å². The molecule has 1 saturated heterocycles. The van der Waals surface area contributed by atoms with Gasteiger partial charge in [0.1, 0.15) is 18.2 Å². The number of imide groups is 2. The predicted octanol–water partition coefficient (Wildman–Crippen LogP) is 0.875. The monoisotopic (exact) mass is 475 g/mol. The molecule has 11 nitrogen and oxygen atoms in total. The van der Waals surface area contributed by atoms with Crippen molar-refractivity contribution < 1.29 is 38.2 Å². The lowest BCUT2D eigenvalue weighted by atomic mass is 10.0. The lowest BCUT2D eigenvalue weighted by Gasteiger charge is -2.27. The topological polar surface area (TPSA) is 140 Å². The van der Waals surface area contributed by atoms with E-state index >= 15 is 0 Å². The van der Waals surface area contributed by atoms with Gasteiger partial charge in [0.15, 0.2) is 0 Å². The summed E-state index contributed by atoms with van der Waals surface area (Å²) in [7, 11) is 0. The summed E-state index contributed by atoms with van der Waals surface area (Å²) in [5, 5.41) is 5.28. The van der Waals surface area contributed by atoms with E-state index < -0.39 is 41.2 Å². The van der Waals surface area contributed by atoms with Gasteiger partial charge in [-0.15, -0.1) is 0 Å². The third-order valence-electron chi connectivity index (χ3n) is 5.03. The largest absolute Gasteiger partial charge is 0.458 e. The number of hydrogen-bond donors (Lipinski definition) is 2. The molecule has 0 aromatic heterocycles. The SMILES string of the molecule is CC(C)(C)OC(=O)COCCOCCNc1ccc2c(c1)C(=O)N(C1CCC(=O)NC1=O)C2=O. The third-order valence-corrected chi connectivity index (χ3v) is 5.03. The minimum absolute atomic E-state index is 0.0721. The number of carbonyl (C=O) groups excluding carboxylic acids is 5. The first-order valence-corrected chi connectivity index (χ1v) is 11.0. The van der Waals surface area contributed by atoms with Crippen molar-refractivity contribution >= 4 is 35.3 Å². The fourth-order valence-corrected chi connectivity index (χ4v) is 3.59. The van der Waals surface area contributed by atoms with Crippen LogP contribution in [0.25, 0.3) is 0 Å². The molecule has 11 heteroatoms. The smallest absolute Gasteiger partial charge is 0.332 e. The van der Waals surface area contributed by atoms with Crippen LogP contribution in [0, 0.1) is 0 Å². The molecule has 4 amide bonds. The zero-order valence-electron chi connectivity index (χ0n) is 19.5. The summed E-state index contributed by atoms with van der Waals surface area (Å²) in [6.45, 7) is 6.52. The third kappa shape index (κ3) is 6.39. The van der Waals surface area contributed by atoms with Gasteiger partial charge in [0.2, 0.25) is 11.8 Å². The van der Waals surface area contributed by atoms with E-state index in [1.165, 1.54) is 6.07 Å². The maximum atomic E-state index is 12.8. The fraction of sp³-hybridized carbons (Fsp3) is 0.522. The van der Waals surface area contributed by atoms with Gasteiger partial charge < -0.3 is 19.5 Å². The number of anilines is 1. The van der Waals surface area contributed by atoms with Crippen LogP contribution < -0.4 is 10.6 Å². The molecule has 0 spiro atoms. The normalized spacial score (nSPS) is 18.1. The summed E-state index contributed by atoms with van der Waals surface area (Å²) in [6, 6.07) is 3.77. The van der Waals surface area contributed by atoms with Gasteiger partial charge in [-0.25, -0.2) is 4.79 Å². The van der Waals surface area contributed by atoms with Gasteiger partial charge in [-0.3, -0.25) is 29.4 Å². The Morgan fingerprint density at radius 3 is 2.47 bits per heavy atom. The molecule has 1 aromatic carbocycles. The average Bonchev–Trinajstić information content (AvgIpc) is 2.99. The van der Waals surface area contributed by atoms with E-state index in [-0.39, 0.29) is 37.2 Å². The van der Waals surface area contributed by atoms with Crippen molar-refractivity contribution in [1.29, 1.82) is 0 Å². The molecular formula is C23H29N3O8. The van der Waals surface area contributed by atoms with Crippen molar-refractivity contribution in [3.63, 3.8) is 0 Å². The Morgan fingerprint density at radius 2 is 1.76 bits per heavy atom. The van der Waals surface area contributed by atoms with Crippen LogP contribution in [0.5, 0.6) is 0 Å². The molecule has 0 radical (unpaired) electrons. The highest BCUT2D eigenvalue weighted by Crippen LogP contribution is 2.29. The zero-order chi connectivity index (χ0) is 24.9. The van der Waals surface area contributed by atoms with Crippen molar-refractivity contribution in [2.24, 2.45) is 0 Å². The molecule has 0 bridgehead atoms. The molecule has 1 atom stereocenters. The Morgan fingerprint density at radius 1 is 1.06 bits per heavy atom. The number of carbonyl (C=O) groups is 5. The number of fused-ring (bicyclic) bond motifs is 1. The molecular weight excluding hydrogens is 446 g/mol. The maximum absolute atomic E-state index is 12.8. The van der Waals surface area contributed by atoms with Gasteiger partial charge >= 0.3 is 5.97 Å². The van der Waals surface area contributed by atoms with Gasteiger partial charge in [0.05, 0.1) is 30.9 Å². The highest BCUT2D eigenvalue weighted by molar-refractivity contribution is 6.23. The molecule has 184 valence electrons. The molecule has 1 unspecified atom stereocenters. The Balaban J connectivity index is 1.41. The van der Waals surface area contributed by atoms with Crippen LogP contribution in [-0.4, -0.2) is 79.1 Å². The van der Waals surface area contributed by atoms with E-state index in [4.69, 9.17) is 14.2 Å². The zero-order valence-corrected chi connectivity index (χ0v) is 19.5. The number of esters is 1. The van der Waals surface area contributed by atoms with E-state index in [0.29, 0.717) is 25.4 Å². The van der Waals surface area contributed by atoms with Crippen LogP contribution >= 0.6 is 0 Å². The van der Waals surface area contributed by atoms with E-state index in [2.05, 4.69) is 10.6 Å². The molecule has 2 heterocycles.